The summed E-state index contributed by atoms with van der Waals surface area (Å²) in [7, 11) is 0. The molecule has 0 spiro atoms. The molecule has 0 aromatic heterocycles. The maximum atomic E-state index is 13.1. The van der Waals surface area contributed by atoms with E-state index in [0.717, 1.165) is 32.2 Å². The molecule has 1 aromatic rings. The van der Waals surface area contributed by atoms with Crippen LogP contribution in [0.3, 0.4) is 0 Å². The quantitative estimate of drug-likeness (QED) is 0.778. The molecule has 2 nitrogen and oxygen atoms in total. The Morgan fingerprint density at radius 1 is 1.39 bits per heavy atom. The Morgan fingerprint density at radius 2 is 2.11 bits per heavy atom. The molecule has 0 bridgehead atoms. The molecule has 0 saturated heterocycles. The van der Waals surface area contributed by atoms with Gasteiger partial charge in [-0.05, 0) is 37.5 Å². The lowest BCUT2D eigenvalue weighted by Gasteiger charge is -2.27. The van der Waals surface area contributed by atoms with Crippen molar-refractivity contribution in [1.82, 2.24) is 0 Å². The van der Waals surface area contributed by atoms with Gasteiger partial charge in [-0.15, -0.1) is 0 Å². The van der Waals surface area contributed by atoms with Crippen LogP contribution in [0.2, 0.25) is 0 Å². The van der Waals surface area contributed by atoms with Gasteiger partial charge in [-0.3, -0.25) is 0 Å². The molecule has 1 aromatic carbocycles. The van der Waals surface area contributed by atoms with Crippen molar-refractivity contribution < 1.29 is 8.78 Å². The fourth-order valence-corrected chi connectivity index (χ4v) is 2.22. The van der Waals surface area contributed by atoms with Crippen LogP contribution >= 0.6 is 0 Å². The second-order valence-electron chi connectivity index (χ2n) is 4.90. The first kappa shape index (κ1) is 13.1. The van der Waals surface area contributed by atoms with Crippen molar-refractivity contribution in [2.45, 2.75) is 45.1 Å². The van der Waals surface area contributed by atoms with E-state index in [-0.39, 0.29) is 5.56 Å². The van der Waals surface area contributed by atoms with Gasteiger partial charge in [0.15, 0.2) is 0 Å². The molecule has 1 fully saturated rings. The molecule has 0 atom stereocenters. The highest BCUT2D eigenvalue weighted by atomic mass is 19.3. The minimum absolute atomic E-state index is 0.0676. The number of halogens is 2. The fourth-order valence-electron chi connectivity index (χ4n) is 2.22. The Balaban J connectivity index is 2.28. The lowest BCUT2D eigenvalue weighted by molar-refractivity contribution is 0.152. The fraction of sp³-hybridized carbons (Fsp3) is 0.571. The number of nitrogens with two attached hydrogens (primary N) is 1. The van der Waals surface area contributed by atoms with Gasteiger partial charge in [-0.1, -0.05) is 13.3 Å². The summed E-state index contributed by atoms with van der Waals surface area (Å²) in [6.07, 6.45) is 1.85. The summed E-state index contributed by atoms with van der Waals surface area (Å²) in [5.74, 6) is 0. The van der Waals surface area contributed by atoms with Crippen molar-refractivity contribution in [2.24, 2.45) is 0 Å². The van der Waals surface area contributed by atoms with Crippen LogP contribution in [0, 0.1) is 0 Å². The predicted octanol–water partition coefficient (Wildman–Crippen LogP) is 3.98. The number of nitrogens with zero attached hydrogens (tertiary/aromatic N) is 1. The van der Waals surface area contributed by atoms with Gasteiger partial charge in [0.05, 0.1) is 0 Å². The predicted molar refractivity (Wildman–Crippen MR) is 71.1 cm³/mol. The number of anilines is 2. The molecular weight excluding hydrogens is 234 g/mol. The standard InChI is InChI=1S/C14H20F2N2/c1-2-3-8-18(11-5-6-11)13-7-4-10(17)9-12(13)14(15)16/h4,7,9,11,14H,2-3,5-6,8,17H2,1H3. The van der Waals surface area contributed by atoms with E-state index in [9.17, 15) is 8.78 Å². The van der Waals surface area contributed by atoms with E-state index in [1.165, 1.54) is 6.07 Å². The van der Waals surface area contributed by atoms with Crippen LogP contribution < -0.4 is 10.6 Å². The lowest BCUT2D eigenvalue weighted by atomic mass is 10.1. The third kappa shape index (κ3) is 2.92. The molecule has 4 heteroatoms. The minimum atomic E-state index is -2.47. The highest BCUT2D eigenvalue weighted by Crippen LogP contribution is 2.38. The SMILES string of the molecule is CCCCN(c1ccc(N)cc1C(F)F)C1CC1. The normalized spacial score (nSPS) is 15.1. The van der Waals surface area contributed by atoms with Gasteiger partial charge in [0.1, 0.15) is 0 Å². The first-order valence-electron chi connectivity index (χ1n) is 6.57. The van der Waals surface area contributed by atoms with Crippen LogP contribution in [-0.4, -0.2) is 12.6 Å². The summed E-state index contributed by atoms with van der Waals surface area (Å²) in [5.41, 5.74) is 6.74. The Hall–Kier alpha value is -1.32. The van der Waals surface area contributed by atoms with Gasteiger partial charge in [0, 0.05) is 29.5 Å². The van der Waals surface area contributed by atoms with Crippen molar-refractivity contribution in [3.05, 3.63) is 23.8 Å². The number of unbranched alkanes of at least 4 members (excludes halogenated alkanes) is 1. The molecule has 1 aliphatic carbocycles. The molecule has 1 aliphatic rings. The molecule has 0 aliphatic heterocycles. The molecule has 0 amide bonds. The number of rotatable bonds is 6. The summed E-state index contributed by atoms with van der Waals surface area (Å²) in [6.45, 7) is 2.97. The zero-order valence-electron chi connectivity index (χ0n) is 10.7. The number of hydrogen-bond donors (Lipinski definition) is 1. The molecular formula is C14H20F2N2. The van der Waals surface area contributed by atoms with Gasteiger partial charge < -0.3 is 10.6 Å². The van der Waals surface area contributed by atoms with Crippen LogP contribution in [0.4, 0.5) is 20.2 Å². The second-order valence-corrected chi connectivity index (χ2v) is 4.90. The van der Waals surface area contributed by atoms with E-state index in [2.05, 4.69) is 11.8 Å². The highest BCUT2D eigenvalue weighted by Gasteiger charge is 2.31. The van der Waals surface area contributed by atoms with Crippen LogP contribution in [0.1, 0.15) is 44.6 Å². The Labute approximate surface area is 107 Å². The van der Waals surface area contributed by atoms with Crippen molar-refractivity contribution in [3.8, 4) is 0 Å². The second kappa shape index (κ2) is 5.55. The molecule has 0 unspecified atom stereocenters. The summed E-state index contributed by atoms with van der Waals surface area (Å²) in [5, 5.41) is 0. The first-order chi connectivity index (χ1) is 8.63. The molecule has 2 N–H and O–H groups in total. The topological polar surface area (TPSA) is 29.3 Å². The number of hydrogen-bond acceptors (Lipinski definition) is 2. The van der Waals surface area contributed by atoms with Crippen LogP contribution in [0.5, 0.6) is 0 Å². The summed E-state index contributed by atoms with van der Waals surface area (Å²) in [6, 6.07) is 5.30. The van der Waals surface area contributed by atoms with E-state index in [1.54, 1.807) is 12.1 Å². The van der Waals surface area contributed by atoms with E-state index in [4.69, 9.17) is 5.73 Å². The molecule has 18 heavy (non-hydrogen) atoms. The van der Waals surface area contributed by atoms with E-state index >= 15 is 0 Å². The molecule has 1 saturated carbocycles. The van der Waals surface area contributed by atoms with Crippen LogP contribution in [-0.2, 0) is 0 Å². The highest BCUT2D eigenvalue weighted by molar-refractivity contribution is 5.61. The van der Waals surface area contributed by atoms with Gasteiger partial charge >= 0.3 is 0 Å². The molecule has 0 radical (unpaired) electrons. The molecule has 2 rings (SSSR count). The first-order valence-corrected chi connectivity index (χ1v) is 6.57. The third-order valence-corrected chi connectivity index (χ3v) is 3.34. The molecule has 0 heterocycles. The maximum absolute atomic E-state index is 13.1. The smallest absolute Gasteiger partial charge is 0.265 e. The van der Waals surface area contributed by atoms with Crippen molar-refractivity contribution >= 4 is 11.4 Å². The largest absolute Gasteiger partial charge is 0.399 e. The van der Waals surface area contributed by atoms with E-state index in [0.29, 0.717) is 17.4 Å². The van der Waals surface area contributed by atoms with Gasteiger partial charge in [0.2, 0.25) is 0 Å². The third-order valence-electron chi connectivity index (χ3n) is 3.34. The maximum Gasteiger partial charge on any atom is 0.265 e. The van der Waals surface area contributed by atoms with Gasteiger partial charge in [-0.25, -0.2) is 8.78 Å². The average Bonchev–Trinajstić information content (AvgIpc) is 3.15. The van der Waals surface area contributed by atoms with Crippen molar-refractivity contribution in [1.29, 1.82) is 0 Å². The van der Waals surface area contributed by atoms with E-state index < -0.39 is 6.43 Å². The van der Waals surface area contributed by atoms with E-state index in [1.807, 2.05) is 0 Å². The minimum Gasteiger partial charge on any atom is -0.399 e. The average molecular weight is 254 g/mol. The Kier molecular flexibility index (Phi) is 4.04. The lowest BCUT2D eigenvalue weighted by Crippen LogP contribution is -2.28. The number of alkyl halides is 2. The van der Waals surface area contributed by atoms with Crippen molar-refractivity contribution in [3.63, 3.8) is 0 Å². The number of benzene rings is 1. The van der Waals surface area contributed by atoms with Crippen LogP contribution in [0.15, 0.2) is 18.2 Å². The molecule has 100 valence electrons. The van der Waals surface area contributed by atoms with Gasteiger partial charge in [-0.2, -0.15) is 0 Å². The van der Waals surface area contributed by atoms with Crippen molar-refractivity contribution in [2.75, 3.05) is 17.2 Å². The Morgan fingerprint density at radius 3 is 2.67 bits per heavy atom. The zero-order chi connectivity index (χ0) is 13.1. The zero-order valence-corrected chi connectivity index (χ0v) is 10.7. The number of nitrogen functional groups attached to an aromatic ring is 1. The summed E-state index contributed by atoms with van der Waals surface area (Å²) >= 11 is 0. The monoisotopic (exact) mass is 254 g/mol. The van der Waals surface area contributed by atoms with Crippen LogP contribution in [0.25, 0.3) is 0 Å². The summed E-state index contributed by atoms with van der Waals surface area (Å²) in [4.78, 5) is 2.13. The van der Waals surface area contributed by atoms with Gasteiger partial charge in [0.25, 0.3) is 6.43 Å². The Bertz CT molecular complexity index is 403. The summed E-state index contributed by atoms with van der Waals surface area (Å²) < 4.78 is 26.2.